The molecule has 0 aromatic heterocycles. The van der Waals surface area contributed by atoms with E-state index in [1.807, 2.05) is 27.7 Å². The van der Waals surface area contributed by atoms with Crippen molar-refractivity contribution in [1.29, 1.82) is 0 Å². The minimum atomic E-state index is -0.898. The summed E-state index contributed by atoms with van der Waals surface area (Å²) in [5, 5.41) is 9.01. The lowest BCUT2D eigenvalue weighted by molar-refractivity contribution is 0.0711. The lowest BCUT2D eigenvalue weighted by Crippen LogP contribution is -2.53. The molecule has 1 atom stereocenters. The smallest absolute Gasteiger partial charge is 0.408 e. The van der Waals surface area contributed by atoms with E-state index in [4.69, 9.17) is 10.8 Å². The van der Waals surface area contributed by atoms with Gasteiger partial charge in [-0.25, -0.2) is 4.79 Å². The molecule has 0 saturated heterocycles. The molecule has 0 aromatic carbocycles. The van der Waals surface area contributed by atoms with Crippen LogP contribution in [0.2, 0.25) is 0 Å². The summed E-state index contributed by atoms with van der Waals surface area (Å²) in [6.45, 7) is 7.94. The van der Waals surface area contributed by atoms with Gasteiger partial charge in [0.1, 0.15) is 0 Å². The topological polar surface area (TPSA) is 66.6 Å². The zero-order valence-electron chi connectivity index (χ0n) is 8.87. The molecular weight excluding hydrogens is 168 g/mol. The molecule has 78 valence electrons. The van der Waals surface area contributed by atoms with Crippen molar-refractivity contribution in [3.8, 4) is 0 Å². The Labute approximate surface area is 79.7 Å². The molecule has 1 amide bonds. The number of hydrogen-bond acceptors (Lipinski definition) is 2. The number of hydrogen-bond donors (Lipinski definition) is 2. The zero-order valence-corrected chi connectivity index (χ0v) is 8.87. The van der Waals surface area contributed by atoms with Crippen LogP contribution in [-0.2, 0) is 0 Å². The molecule has 0 aromatic rings. The molecule has 0 aliphatic rings. The van der Waals surface area contributed by atoms with E-state index in [0.29, 0.717) is 6.54 Å². The first kappa shape index (κ1) is 12.2. The summed E-state index contributed by atoms with van der Waals surface area (Å²) in [6.07, 6.45) is -0.148. The quantitative estimate of drug-likeness (QED) is 0.705. The number of rotatable bonds is 3. The highest BCUT2D eigenvalue weighted by Gasteiger charge is 2.31. The van der Waals surface area contributed by atoms with Crippen molar-refractivity contribution in [2.45, 2.75) is 45.7 Å². The third-order valence-electron chi connectivity index (χ3n) is 2.04. The monoisotopic (exact) mass is 188 g/mol. The van der Waals surface area contributed by atoms with E-state index in [-0.39, 0.29) is 11.6 Å². The van der Waals surface area contributed by atoms with Crippen LogP contribution in [0.3, 0.4) is 0 Å². The molecule has 4 heteroatoms. The molecule has 3 N–H and O–H groups in total. The molecular formula is C9H20N2O2. The number of carbonyl (C=O) groups is 1. The van der Waals surface area contributed by atoms with Crippen LogP contribution >= 0.6 is 0 Å². The van der Waals surface area contributed by atoms with Crippen LogP contribution in [0.15, 0.2) is 0 Å². The van der Waals surface area contributed by atoms with Crippen LogP contribution in [0, 0.1) is 0 Å². The van der Waals surface area contributed by atoms with Crippen molar-refractivity contribution < 1.29 is 9.90 Å². The largest absolute Gasteiger partial charge is 0.465 e. The van der Waals surface area contributed by atoms with E-state index < -0.39 is 6.09 Å². The van der Waals surface area contributed by atoms with Crippen LogP contribution in [0.25, 0.3) is 0 Å². The van der Waals surface area contributed by atoms with Crippen molar-refractivity contribution >= 4 is 6.09 Å². The number of carboxylic acid groups (broad SMARTS) is 1. The van der Waals surface area contributed by atoms with Gasteiger partial charge in [-0.3, -0.25) is 4.90 Å². The van der Waals surface area contributed by atoms with E-state index in [1.54, 1.807) is 0 Å². The molecule has 0 saturated carbocycles. The molecule has 0 rings (SSSR count). The van der Waals surface area contributed by atoms with Gasteiger partial charge in [-0.15, -0.1) is 0 Å². The van der Waals surface area contributed by atoms with Gasteiger partial charge in [-0.2, -0.15) is 0 Å². The maximum atomic E-state index is 11.0. The van der Waals surface area contributed by atoms with Crippen LogP contribution in [0.5, 0.6) is 0 Å². The van der Waals surface area contributed by atoms with Gasteiger partial charge < -0.3 is 10.8 Å². The summed E-state index contributed by atoms with van der Waals surface area (Å²) in [5.74, 6) is 0. The highest BCUT2D eigenvalue weighted by molar-refractivity contribution is 5.66. The zero-order chi connectivity index (χ0) is 10.6. The average Bonchev–Trinajstić information content (AvgIpc) is 1.96. The molecule has 0 heterocycles. The minimum absolute atomic E-state index is 0.0856. The average molecular weight is 188 g/mol. The summed E-state index contributed by atoms with van der Waals surface area (Å²) in [6, 6.07) is -0.0856. The normalized spacial score (nSPS) is 13.9. The number of nitrogens with two attached hydrogens (primary N) is 1. The van der Waals surface area contributed by atoms with Gasteiger partial charge in [-0.05, 0) is 27.2 Å². The second kappa shape index (κ2) is 4.46. The Balaban J connectivity index is 4.69. The fraction of sp³-hybridized carbons (Fsp3) is 0.889. The first-order chi connectivity index (χ1) is 5.84. The predicted octanol–water partition coefficient (Wildman–Crippen LogP) is 1.50. The van der Waals surface area contributed by atoms with Crippen molar-refractivity contribution in [3.05, 3.63) is 0 Å². The van der Waals surface area contributed by atoms with Crippen molar-refractivity contribution in [1.82, 2.24) is 4.90 Å². The van der Waals surface area contributed by atoms with E-state index in [1.165, 1.54) is 4.90 Å². The Bertz CT molecular complexity index is 171. The van der Waals surface area contributed by atoms with Crippen molar-refractivity contribution in [2.24, 2.45) is 5.73 Å². The second-order valence-electron chi connectivity index (χ2n) is 4.12. The molecule has 0 fully saturated rings. The van der Waals surface area contributed by atoms with E-state index >= 15 is 0 Å². The van der Waals surface area contributed by atoms with Gasteiger partial charge in [0, 0.05) is 18.1 Å². The van der Waals surface area contributed by atoms with Crippen molar-refractivity contribution in [2.75, 3.05) is 6.54 Å². The Kier molecular flexibility index (Phi) is 4.20. The van der Waals surface area contributed by atoms with E-state index in [9.17, 15) is 4.79 Å². The molecule has 4 nitrogen and oxygen atoms in total. The summed E-state index contributed by atoms with van der Waals surface area (Å²) in [7, 11) is 0. The van der Waals surface area contributed by atoms with Crippen LogP contribution in [0.1, 0.15) is 34.1 Å². The van der Waals surface area contributed by atoms with Gasteiger partial charge in [0.25, 0.3) is 0 Å². The van der Waals surface area contributed by atoms with Gasteiger partial charge in [0.2, 0.25) is 0 Å². The summed E-state index contributed by atoms with van der Waals surface area (Å²) in [4.78, 5) is 12.4. The van der Waals surface area contributed by atoms with E-state index in [0.717, 1.165) is 6.42 Å². The van der Waals surface area contributed by atoms with Gasteiger partial charge in [0.15, 0.2) is 0 Å². The fourth-order valence-corrected chi connectivity index (χ4v) is 1.45. The minimum Gasteiger partial charge on any atom is -0.465 e. The lowest BCUT2D eigenvalue weighted by atomic mass is 10.0. The van der Waals surface area contributed by atoms with Crippen LogP contribution in [0.4, 0.5) is 4.79 Å². The third-order valence-corrected chi connectivity index (χ3v) is 2.04. The van der Waals surface area contributed by atoms with Gasteiger partial charge in [0.05, 0.1) is 0 Å². The van der Waals surface area contributed by atoms with Gasteiger partial charge in [-0.1, -0.05) is 6.92 Å². The maximum absolute atomic E-state index is 11.0. The maximum Gasteiger partial charge on any atom is 0.408 e. The van der Waals surface area contributed by atoms with E-state index in [2.05, 4.69) is 0 Å². The Morgan fingerprint density at radius 1 is 1.54 bits per heavy atom. The van der Waals surface area contributed by atoms with Crippen molar-refractivity contribution in [3.63, 3.8) is 0 Å². The van der Waals surface area contributed by atoms with Gasteiger partial charge >= 0.3 is 6.09 Å². The third kappa shape index (κ3) is 3.22. The Hall–Kier alpha value is -0.770. The molecule has 13 heavy (non-hydrogen) atoms. The summed E-state index contributed by atoms with van der Waals surface area (Å²) in [5.41, 5.74) is 5.13. The standard InChI is InChI=1S/C9H20N2O2/c1-5-7(6-10)11(8(12)13)9(2,3)4/h7H,5-6,10H2,1-4H3,(H,12,13)/t7-/m1/s1. The summed E-state index contributed by atoms with van der Waals surface area (Å²) < 4.78 is 0. The highest BCUT2D eigenvalue weighted by Crippen LogP contribution is 2.18. The summed E-state index contributed by atoms with van der Waals surface area (Å²) >= 11 is 0. The number of amides is 1. The molecule has 0 bridgehead atoms. The Morgan fingerprint density at radius 3 is 2.08 bits per heavy atom. The molecule has 0 radical (unpaired) electrons. The lowest BCUT2D eigenvalue weighted by Gasteiger charge is -2.38. The second-order valence-corrected chi connectivity index (χ2v) is 4.12. The SMILES string of the molecule is CC[C@H](CN)N(C(=O)O)C(C)(C)C. The number of nitrogens with zero attached hydrogens (tertiary/aromatic N) is 1. The van der Waals surface area contributed by atoms with Crippen LogP contribution in [-0.4, -0.2) is 34.2 Å². The predicted molar refractivity (Wildman–Crippen MR) is 52.8 cm³/mol. The highest BCUT2D eigenvalue weighted by atomic mass is 16.4. The molecule has 0 aliphatic carbocycles. The Morgan fingerprint density at radius 2 is 2.00 bits per heavy atom. The first-order valence-electron chi connectivity index (χ1n) is 4.56. The fourth-order valence-electron chi connectivity index (χ4n) is 1.45. The molecule has 0 unspecified atom stereocenters. The molecule has 0 spiro atoms. The first-order valence-corrected chi connectivity index (χ1v) is 4.56. The van der Waals surface area contributed by atoms with Crippen LogP contribution < -0.4 is 5.73 Å². The molecule has 0 aliphatic heterocycles.